The largest absolute Gasteiger partial charge is 0.384 e. The summed E-state index contributed by atoms with van der Waals surface area (Å²) in [5, 5.41) is 3.43. The van der Waals surface area contributed by atoms with Gasteiger partial charge in [-0.05, 0) is 26.2 Å². The monoisotopic (exact) mass is 153 g/mol. The van der Waals surface area contributed by atoms with Gasteiger partial charge in [-0.2, -0.15) is 0 Å². The Morgan fingerprint density at radius 1 is 1.55 bits per heavy atom. The van der Waals surface area contributed by atoms with Crippen molar-refractivity contribution in [2.24, 2.45) is 11.8 Å². The highest BCUT2D eigenvalue weighted by Gasteiger charge is 2.34. The highest BCUT2D eigenvalue weighted by molar-refractivity contribution is 5.12. The lowest BCUT2D eigenvalue weighted by molar-refractivity contribution is 0.389. The molecule has 1 heteroatoms. The summed E-state index contributed by atoms with van der Waals surface area (Å²) < 4.78 is 0. The molecule has 1 saturated heterocycles. The van der Waals surface area contributed by atoms with Crippen LogP contribution >= 0.6 is 0 Å². The molecule has 1 aliphatic rings. The third-order valence-corrected chi connectivity index (χ3v) is 2.48. The highest BCUT2D eigenvalue weighted by atomic mass is 15.0. The second-order valence-electron chi connectivity index (χ2n) is 4.59. The van der Waals surface area contributed by atoms with Crippen LogP contribution in [0.15, 0.2) is 12.3 Å². The number of nitrogens with one attached hydrogen (secondary N) is 1. The molecule has 0 unspecified atom stereocenters. The lowest BCUT2D eigenvalue weighted by Crippen LogP contribution is -2.30. The number of rotatable bonds is 1. The maximum absolute atomic E-state index is 4.04. The number of hydrogen-bond donors (Lipinski definition) is 1. The lowest BCUT2D eigenvalue weighted by Gasteiger charge is -2.17. The molecule has 64 valence electrons. The van der Waals surface area contributed by atoms with Crippen molar-refractivity contribution in [1.82, 2.24) is 5.32 Å². The van der Waals surface area contributed by atoms with Crippen molar-refractivity contribution in [3.63, 3.8) is 0 Å². The molecule has 0 aromatic heterocycles. The zero-order valence-electron chi connectivity index (χ0n) is 8.07. The van der Waals surface area contributed by atoms with E-state index < -0.39 is 0 Å². The van der Waals surface area contributed by atoms with E-state index in [-0.39, 0.29) is 5.54 Å². The minimum Gasteiger partial charge on any atom is -0.384 e. The summed E-state index contributed by atoms with van der Waals surface area (Å²) in [6.45, 7) is 13.0. The zero-order valence-corrected chi connectivity index (χ0v) is 8.07. The van der Waals surface area contributed by atoms with Gasteiger partial charge in [0, 0.05) is 17.2 Å². The average molecular weight is 153 g/mol. The Bertz CT molecular complexity index is 168. The third kappa shape index (κ3) is 1.76. The Morgan fingerprint density at radius 2 is 2.09 bits per heavy atom. The van der Waals surface area contributed by atoms with Gasteiger partial charge in [0.2, 0.25) is 0 Å². The normalized spacial score (nSPS) is 29.2. The fourth-order valence-corrected chi connectivity index (χ4v) is 1.89. The van der Waals surface area contributed by atoms with Crippen LogP contribution in [0.1, 0.15) is 34.1 Å². The van der Waals surface area contributed by atoms with E-state index in [0.29, 0.717) is 5.92 Å². The molecule has 0 bridgehead atoms. The van der Waals surface area contributed by atoms with Gasteiger partial charge in [0.25, 0.3) is 0 Å². The van der Waals surface area contributed by atoms with Crippen LogP contribution in [0.4, 0.5) is 0 Å². The van der Waals surface area contributed by atoms with E-state index in [2.05, 4.69) is 39.6 Å². The minimum atomic E-state index is 0.270. The summed E-state index contributed by atoms with van der Waals surface area (Å²) in [5.74, 6) is 1.39. The molecule has 1 heterocycles. The van der Waals surface area contributed by atoms with Gasteiger partial charge in [0.15, 0.2) is 0 Å². The standard InChI is InChI=1S/C10H19N/c1-7(2)9-6-10(4,5)11-8(9)3/h7,9,11H,3,6H2,1-2,4-5H3/t9-/m0/s1. The second-order valence-corrected chi connectivity index (χ2v) is 4.59. The van der Waals surface area contributed by atoms with Crippen LogP contribution < -0.4 is 5.32 Å². The number of hydrogen-bond acceptors (Lipinski definition) is 1. The van der Waals surface area contributed by atoms with Crippen LogP contribution in [-0.4, -0.2) is 5.54 Å². The zero-order chi connectivity index (χ0) is 8.65. The summed E-state index contributed by atoms with van der Waals surface area (Å²) in [6.07, 6.45) is 1.23. The van der Waals surface area contributed by atoms with Crippen LogP contribution in [0, 0.1) is 11.8 Å². The van der Waals surface area contributed by atoms with E-state index >= 15 is 0 Å². The lowest BCUT2D eigenvalue weighted by atomic mass is 9.88. The topological polar surface area (TPSA) is 12.0 Å². The average Bonchev–Trinajstić information content (AvgIpc) is 2.05. The van der Waals surface area contributed by atoms with E-state index in [1.54, 1.807) is 0 Å². The Hall–Kier alpha value is -0.460. The molecule has 0 aliphatic carbocycles. The second kappa shape index (κ2) is 2.54. The van der Waals surface area contributed by atoms with E-state index in [0.717, 1.165) is 5.92 Å². The van der Waals surface area contributed by atoms with E-state index in [9.17, 15) is 0 Å². The molecule has 1 atom stereocenters. The fraction of sp³-hybridized carbons (Fsp3) is 0.800. The number of allylic oxidation sites excluding steroid dienone is 1. The SMILES string of the molecule is C=C1NC(C)(C)C[C@H]1C(C)C. The third-order valence-electron chi connectivity index (χ3n) is 2.48. The molecule has 0 spiro atoms. The van der Waals surface area contributed by atoms with Crippen LogP contribution in [0.5, 0.6) is 0 Å². The summed E-state index contributed by atoms with van der Waals surface area (Å²) in [6, 6.07) is 0. The van der Waals surface area contributed by atoms with Crippen molar-refractivity contribution in [2.75, 3.05) is 0 Å². The molecule has 0 saturated carbocycles. The van der Waals surface area contributed by atoms with E-state index in [4.69, 9.17) is 0 Å². The van der Waals surface area contributed by atoms with Crippen molar-refractivity contribution in [3.05, 3.63) is 12.3 Å². The van der Waals surface area contributed by atoms with Gasteiger partial charge in [-0.25, -0.2) is 0 Å². The van der Waals surface area contributed by atoms with Gasteiger partial charge >= 0.3 is 0 Å². The van der Waals surface area contributed by atoms with Crippen molar-refractivity contribution in [1.29, 1.82) is 0 Å². The molecule has 11 heavy (non-hydrogen) atoms. The van der Waals surface area contributed by atoms with Gasteiger partial charge in [-0.15, -0.1) is 0 Å². The maximum Gasteiger partial charge on any atom is 0.0320 e. The first-order valence-corrected chi connectivity index (χ1v) is 4.39. The Kier molecular flexibility index (Phi) is 2.00. The van der Waals surface area contributed by atoms with Gasteiger partial charge in [-0.1, -0.05) is 20.4 Å². The predicted octanol–water partition coefficient (Wildman–Crippen LogP) is 2.54. The van der Waals surface area contributed by atoms with Gasteiger partial charge in [0.1, 0.15) is 0 Å². The molecule has 1 aliphatic heterocycles. The molecule has 0 aromatic carbocycles. The Balaban J connectivity index is 2.67. The summed E-state index contributed by atoms with van der Waals surface area (Å²) in [5.41, 5.74) is 1.50. The van der Waals surface area contributed by atoms with Crippen LogP contribution in [0.2, 0.25) is 0 Å². The fourth-order valence-electron chi connectivity index (χ4n) is 1.89. The van der Waals surface area contributed by atoms with Crippen molar-refractivity contribution in [2.45, 2.75) is 39.7 Å². The maximum atomic E-state index is 4.04. The summed E-state index contributed by atoms with van der Waals surface area (Å²) >= 11 is 0. The van der Waals surface area contributed by atoms with Crippen molar-refractivity contribution in [3.8, 4) is 0 Å². The smallest absolute Gasteiger partial charge is 0.0320 e. The van der Waals surface area contributed by atoms with Crippen molar-refractivity contribution < 1.29 is 0 Å². The van der Waals surface area contributed by atoms with E-state index in [1.807, 2.05) is 0 Å². The molecule has 0 amide bonds. The molecule has 1 N–H and O–H groups in total. The van der Waals surface area contributed by atoms with Crippen molar-refractivity contribution >= 4 is 0 Å². The molecule has 0 aromatic rings. The van der Waals surface area contributed by atoms with E-state index in [1.165, 1.54) is 12.1 Å². The summed E-state index contributed by atoms with van der Waals surface area (Å²) in [4.78, 5) is 0. The Labute approximate surface area is 69.9 Å². The molecule has 1 nitrogen and oxygen atoms in total. The minimum absolute atomic E-state index is 0.270. The molecule has 1 rings (SSSR count). The highest BCUT2D eigenvalue weighted by Crippen LogP contribution is 2.34. The first-order chi connectivity index (χ1) is 4.92. The predicted molar refractivity (Wildman–Crippen MR) is 49.3 cm³/mol. The molecule has 0 radical (unpaired) electrons. The quantitative estimate of drug-likeness (QED) is 0.610. The van der Waals surface area contributed by atoms with Crippen LogP contribution in [0.3, 0.4) is 0 Å². The molecule has 1 fully saturated rings. The molecular formula is C10H19N. The van der Waals surface area contributed by atoms with Gasteiger partial charge < -0.3 is 5.32 Å². The summed E-state index contributed by atoms with van der Waals surface area (Å²) in [7, 11) is 0. The first-order valence-electron chi connectivity index (χ1n) is 4.39. The van der Waals surface area contributed by atoms with Gasteiger partial charge in [-0.3, -0.25) is 0 Å². The van der Waals surface area contributed by atoms with Crippen LogP contribution in [0.25, 0.3) is 0 Å². The molecular weight excluding hydrogens is 134 g/mol. The van der Waals surface area contributed by atoms with Gasteiger partial charge in [0.05, 0.1) is 0 Å². The first kappa shape index (κ1) is 8.63. The Morgan fingerprint density at radius 3 is 2.27 bits per heavy atom. The van der Waals surface area contributed by atoms with Crippen LogP contribution in [-0.2, 0) is 0 Å².